The van der Waals surface area contributed by atoms with Crippen molar-refractivity contribution in [1.82, 2.24) is 5.32 Å². The molecule has 2 atom stereocenters. The zero-order valence-electron chi connectivity index (χ0n) is 18.7. The molecular weight excluding hydrogens is 350 g/mol. The molecule has 158 valence electrons. The van der Waals surface area contributed by atoms with E-state index in [1.165, 1.54) is 69.5 Å². The van der Waals surface area contributed by atoms with Gasteiger partial charge in [-0.2, -0.15) is 0 Å². The van der Waals surface area contributed by atoms with E-state index in [9.17, 15) is 5.11 Å². The predicted molar refractivity (Wildman–Crippen MR) is 121 cm³/mol. The van der Waals surface area contributed by atoms with Crippen LogP contribution in [0.2, 0.25) is 18.1 Å². The summed E-state index contributed by atoms with van der Waals surface area (Å²) in [6.45, 7) is 12.0. The maximum absolute atomic E-state index is 10.8. The van der Waals surface area contributed by atoms with Gasteiger partial charge >= 0.3 is 0 Å². The fraction of sp³-hybridized carbons (Fsp3) is 0.826. The third-order valence-corrected chi connectivity index (χ3v) is 11.9. The van der Waals surface area contributed by atoms with Crippen molar-refractivity contribution in [3.05, 3.63) is 17.9 Å². The van der Waals surface area contributed by atoms with Crippen LogP contribution in [0.15, 0.2) is 16.7 Å². The Morgan fingerprint density at radius 3 is 2.15 bits per heavy atom. The summed E-state index contributed by atoms with van der Waals surface area (Å²) in [6, 6.07) is 5.97. The number of rotatable bonds is 16. The van der Waals surface area contributed by atoms with E-state index >= 15 is 0 Å². The molecule has 0 amide bonds. The lowest BCUT2D eigenvalue weighted by Gasteiger charge is -2.28. The summed E-state index contributed by atoms with van der Waals surface area (Å²) in [6.07, 6.45) is 12.0. The van der Waals surface area contributed by atoms with Gasteiger partial charge in [0, 0.05) is 18.2 Å². The van der Waals surface area contributed by atoms with E-state index in [-0.39, 0.29) is 0 Å². The molecular formula is C23H45NO2Si. The molecule has 4 heteroatoms. The minimum absolute atomic E-state index is 0.455. The lowest BCUT2D eigenvalue weighted by atomic mass is 10.1. The monoisotopic (exact) mass is 395 g/mol. The second-order valence-electron chi connectivity index (χ2n) is 8.28. The molecule has 0 saturated heterocycles. The summed E-state index contributed by atoms with van der Waals surface area (Å²) in [7, 11) is -1.60. The normalized spacial score (nSPS) is 14.4. The van der Waals surface area contributed by atoms with E-state index in [1.54, 1.807) is 6.26 Å². The van der Waals surface area contributed by atoms with Crippen LogP contribution in [0.5, 0.6) is 0 Å². The first kappa shape index (κ1) is 24.5. The molecule has 1 rings (SSSR count). The topological polar surface area (TPSA) is 45.4 Å². The van der Waals surface area contributed by atoms with Crippen molar-refractivity contribution in [2.75, 3.05) is 6.54 Å². The molecule has 0 bridgehead atoms. The number of nitrogens with one attached hydrogen (secondary N) is 1. The fourth-order valence-corrected chi connectivity index (χ4v) is 7.82. The highest BCUT2D eigenvalue weighted by Crippen LogP contribution is 2.25. The van der Waals surface area contributed by atoms with Gasteiger partial charge in [-0.1, -0.05) is 90.8 Å². The molecule has 2 unspecified atom stereocenters. The van der Waals surface area contributed by atoms with Gasteiger partial charge in [-0.3, -0.25) is 0 Å². The van der Waals surface area contributed by atoms with Crippen LogP contribution < -0.4 is 10.7 Å². The van der Waals surface area contributed by atoms with Crippen molar-refractivity contribution >= 4 is 13.5 Å². The van der Waals surface area contributed by atoms with Crippen molar-refractivity contribution in [2.45, 2.75) is 116 Å². The van der Waals surface area contributed by atoms with Crippen LogP contribution in [0.25, 0.3) is 0 Å². The Kier molecular flexibility index (Phi) is 12.3. The number of furan rings is 1. The minimum atomic E-state index is -1.60. The molecule has 1 aromatic heterocycles. The number of unbranched alkanes of at least 4 members (excludes halogenated alkanes) is 6. The summed E-state index contributed by atoms with van der Waals surface area (Å²) < 4.78 is 5.92. The molecule has 0 aliphatic carbocycles. The van der Waals surface area contributed by atoms with Gasteiger partial charge in [0.05, 0.1) is 17.8 Å². The highest BCUT2D eigenvalue weighted by Gasteiger charge is 2.36. The molecule has 0 aromatic carbocycles. The molecule has 0 radical (unpaired) electrons. The Labute approximate surface area is 169 Å². The van der Waals surface area contributed by atoms with Gasteiger partial charge < -0.3 is 14.8 Å². The van der Waals surface area contributed by atoms with E-state index < -0.39 is 14.2 Å². The van der Waals surface area contributed by atoms with E-state index in [0.717, 1.165) is 10.9 Å². The molecule has 0 spiro atoms. The fourth-order valence-electron chi connectivity index (χ4n) is 4.18. The summed E-state index contributed by atoms with van der Waals surface area (Å²) >= 11 is 0. The molecule has 0 saturated carbocycles. The average Bonchev–Trinajstić information content (AvgIpc) is 3.18. The average molecular weight is 396 g/mol. The standard InChI is InChI=1S/C23H45NO2Si/c1-6-10-11-12-13-14-15-16-20(5)24-19-22(25)21-17-18-26-23(21)27(7-2,8-3)9-4/h17-18,20,22,24-25H,6-16,19H2,1-5H3. The first-order valence-corrected chi connectivity index (χ1v) is 14.2. The van der Waals surface area contributed by atoms with Crippen molar-refractivity contribution in [3.63, 3.8) is 0 Å². The van der Waals surface area contributed by atoms with Gasteiger partial charge in [0.15, 0.2) is 0 Å². The van der Waals surface area contributed by atoms with Gasteiger partial charge in [0.25, 0.3) is 0 Å². The molecule has 0 aliphatic rings. The maximum Gasteiger partial charge on any atom is 0.132 e. The van der Waals surface area contributed by atoms with Gasteiger partial charge in [-0.05, 0) is 19.4 Å². The van der Waals surface area contributed by atoms with E-state index in [1.807, 2.05) is 6.07 Å². The van der Waals surface area contributed by atoms with Crippen LogP contribution in [-0.4, -0.2) is 25.8 Å². The van der Waals surface area contributed by atoms with E-state index in [4.69, 9.17) is 4.42 Å². The van der Waals surface area contributed by atoms with Crippen LogP contribution in [0.1, 0.15) is 97.7 Å². The molecule has 2 N–H and O–H groups in total. The maximum atomic E-state index is 10.8. The zero-order valence-corrected chi connectivity index (χ0v) is 19.7. The number of hydrogen-bond acceptors (Lipinski definition) is 3. The highest BCUT2D eigenvalue weighted by atomic mass is 28.3. The molecule has 0 fully saturated rings. The lowest BCUT2D eigenvalue weighted by Crippen LogP contribution is -2.47. The van der Waals surface area contributed by atoms with Crippen molar-refractivity contribution in [2.24, 2.45) is 0 Å². The van der Waals surface area contributed by atoms with Gasteiger partial charge in [0.1, 0.15) is 8.07 Å². The molecule has 0 aliphatic heterocycles. The Balaban J connectivity index is 2.40. The summed E-state index contributed by atoms with van der Waals surface area (Å²) in [5, 5.41) is 15.4. The van der Waals surface area contributed by atoms with Gasteiger partial charge in [0.2, 0.25) is 0 Å². The molecule has 3 nitrogen and oxygen atoms in total. The first-order chi connectivity index (χ1) is 13.0. The first-order valence-electron chi connectivity index (χ1n) is 11.5. The van der Waals surface area contributed by atoms with Crippen LogP contribution >= 0.6 is 0 Å². The Morgan fingerprint density at radius 1 is 0.963 bits per heavy atom. The van der Waals surface area contributed by atoms with Crippen molar-refractivity contribution < 1.29 is 9.52 Å². The summed E-state index contributed by atoms with van der Waals surface area (Å²) in [5.41, 5.74) is 1.03. The highest BCUT2D eigenvalue weighted by molar-refractivity contribution is 6.91. The summed E-state index contributed by atoms with van der Waals surface area (Å²) in [4.78, 5) is 0. The smallest absolute Gasteiger partial charge is 0.132 e. The second-order valence-corrected chi connectivity index (χ2v) is 13.4. The number of aliphatic hydroxyl groups is 1. The molecule has 1 aromatic rings. The zero-order chi connectivity index (χ0) is 20.1. The quantitative estimate of drug-likeness (QED) is 0.261. The van der Waals surface area contributed by atoms with Crippen LogP contribution in [0.3, 0.4) is 0 Å². The minimum Gasteiger partial charge on any atom is -0.474 e. The molecule has 1 heterocycles. The van der Waals surface area contributed by atoms with Gasteiger partial charge in [-0.15, -0.1) is 0 Å². The Hall–Kier alpha value is -0.583. The lowest BCUT2D eigenvalue weighted by molar-refractivity contribution is 0.170. The number of hydrogen-bond donors (Lipinski definition) is 2. The van der Waals surface area contributed by atoms with Gasteiger partial charge in [-0.25, -0.2) is 0 Å². The van der Waals surface area contributed by atoms with Crippen LogP contribution in [0, 0.1) is 0 Å². The number of aliphatic hydroxyl groups excluding tert-OH is 1. The van der Waals surface area contributed by atoms with Crippen LogP contribution in [-0.2, 0) is 0 Å². The van der Waals surface area contributed by atoms with Crippen molar-refractivity contribution in [3.8, 4) is 0 Å². The van der Waals surface area contributed by atoms with E-state index in [2.05, 4.69) is 39.9 Å². The predicted octanol–water partition coefficient (Wildman–Crippen LogP) is 6.15. The Bertz CT molecular complexity index is 476. The third kappa shape index (κ3) is 7.75. The third-order valence-electron chi connectivity index (χ3n) is 6.47. The SMILES string of the molecule is CCCCCCCCCC(C)NCC(O)c1ccoc1[Si](CC)(CC)CC. The largest absolute Gasteiger partial charge is 0.474 e. The van der Waals surface area contributed by atoms with E-state index in [0.29, 0.717) is 12.6 Å². The second kappa shape index (κ2) is 13.6. The molecule has 27 heavy (non-hydrogen) atoms. The van der Waals surface area contributed by atoms with Crippen LogP contribution in [0.4, 0.5) is 0 Å². The summed E-state index contributed by atoms with van der Waals surface area (Å²) in [5.74, 6) is 0. The van der Waals surface area contributed by atoms with Crippen molar-refractivity contribution in [1.29, 1.82) is 0 Å². The Morgan fingerprint density at radius 2 is 1.56 bits per heavy atom.